The first-order valence-electron chi connectivity index (χ1n) is 5.84. The van der Waals surface area contributed by atoms with E-state index in [9.17, 15) is 14.4 Å². The maximum absolute atomic E-state index is 11.6. The van der Waals surface area contributed by atoms with Gasteiger partial charge in [0.15, 0.2) is 0 Å². The molecule has 0 radical (unpaired) electrons. The van der Waals surface area contributed by atoms with E-state index in [4.69, 9.17) is 10.8 Å². The molecule has 0 aliphatic heterocycles. The number of carboxylic acids is 1. The number of rotatable bonds is 7. The number of carboxylic acid groups (broad SMARTS) is 1. The number of aliphatic carboxylic acids is 1. The number of nitrogens with one attached hydrogen (secondary N) is 2. The standard InChI is InChI=1S/C11H21N3O4/c1-4-11(3,5-2)14-10(18)13-7(9(16)17)6-8(12)15/h7H,4-6H2,1-3H3,(H2,12,15)(H,16,17)(H2,13,14,18)/t7-/m1/s1. The van der Waals surface area contributed by atoms with Gasteiger partial charge in [0, 0.05) is 5.54 Å². The van der Waals surface area contributed by atoms with Crippen molar-refractivity contribution in [2.24, 2.45) is 5.73 Å². The predicted molar refractivity (Wildman–Crippen MR) is 65.9 cm³/mol. The lowest BCUT2D eigenvalue weighted by Crippen LogP contribution is -2.54. The van der Waals surface area contributed by atoms with Crippen molar-refractivity contribution >= 4 is 17.9 Å². The number of carbonyl (C=O) groups is 3. The third-order valence-corrected chi connectivity index (χ3v) is 2.98. The predicted octanol–water partition coefficient (Wildman–Crippen LogP) is 0.193. The number of nitrogens with two attached hydrogens (primary N) is 1. The van der Waals surface area contributed by atoms with Crippen molar-refractivity contribution in [2.45, 2.75) is 51.6 Å². The second-order valence-electron chi connectivity index (χ2n) is 4.43. The van der Waals surface area contributed by atoms with Gasteiger partial charge in [0.1, 0.15) is 6.04 Å². The molecular weight excluding hydrogens is 238 g/mol. The van der Waals surface area contributed by atoms with Gasteiger partial charge in [-0.15, -0.1) is 0 Å². The highest BCUT2D eigenvalue weighted by molar-refractivity contribution is 5.87. The molecule has 0 aromatic rings. The summed E-state index contributed by atoms with van der Waals surface area (Å²) in [5.41, 5.74) is 4.51. The first-order chi connectivity index (χ1) is 8.24. The van der Waals surface area contributed by atoms with Crippen LogP contribution in [0.1, 0.15) is 40.0 Å². The number of amides is 3. The van der Waals surface area contributed by atoms with Gasteiger partial charge in [-0.3, -0.25) is 4.79 Å². The van der Waals surface area contributed by atoms with Crippen molar-refractivity contribution in [3.05, 3.63) is 0 Å². The molecule has 0 saturated heterocycles. The lowest BCUT2D eigenvalue weighted by Gasteiger charge is -2.29. The highest BCUT2D eigenvalue weighted by Crippen LogP contribution is 2.13. The summed E-state index contributed by atoms with van der Waals surface area (Å²) in [6.45, 7) is 5.69. The highest BCUT2D eigenvalue weighted by atomic mass is 16.4. The number of urea groups is 1. The van der Waals surface area contributed by atoms with Crippen LogP contribution in [0.15, 0.2) is 0 Å². The summed E-state index contributed by atoms with van der Waals surface area (Å²) in [4.78, 5) is 33.1. The minimum atomic E-state index is -1.31. The quantitative estimate of drug-likeness (QED) is 0.521. The molecule has 0 aliphatic carbocycles. The Hall–Kier alpha value is -1.79. The number of carbonyl (C=O) groups excluding carboxylic acids is 2. The molecule has 0 saturated carbocycles. The molecule has 0 heterocycles. The molecule has 1 atom stereocenters. The molecule has 0 spiro atoms. The van der Waals surface area contributed by atoms with E-state index in [1.54, 1.807) is 0 Å². The van der Waals surface area contributed by atoms with Crippen molar-refractivity contribution in [2.75, 3.05) is 0 Å². The molecule has 0 aromatic carbocycles. The van der Waals surface area contributed by atoms with Crippen LogP contribution in [0.3, 0.4) is 0 Å². The number of primary amides is 1. The van der Waals surface area contributed by atoms with Gasteiger partial charge in [-0.2, -0.15) is 0 Å². The van der Waals surface area contributed by atoms with E-state index in [-0.39, 0.29) is 0 Å². The minimum absolute atomic E-state index is 0.403. The zero-order valence-electron chi connectivity index (χ0n) is 10.9. The normalized spacial score (nSPS) is 12.6. The number of hydrogen-bond donors (Lipinski definition) is 4. The van der Waals surface area contributed by atoms with Crippen LogP contribution in [-0.4, -0.2) is 34.6 Å². The van der Waals surface area contributed by atoms with Gasteiger partial charge in [-0.1, -0.05) is 13.8 Å². The van der Waals surface area contributed by atoms with Gasteiger partial charge in [-0.25, -0.2) is 9.59 Å². The van der Waals surface area contributed by atoms with Crippen molar-refractivity contribution in [3.8, 4) is 0 Å². The first-order valence-corrected chi connectivity index (χ1v) is 5.84. The Kier molecular flexibility index (Phi) is 6.15. The molecule has 18 heavy (non-hydrogen) atoms. The minimum Gasteiger partial charge on any atom is -0.480 e. The summed E-state index contributed by atoms with van der Waals surface area (Å²) < 4.78 is 0. The van der Waals surface area contributed by atoms with Gasteiger partial charge in [0.05, 0.1) is 6.42 Å². The summed E-state index contributed by atoms with van der Waals surface area (Å²) >= 11 is 0. The zero-order valence-corrected chi connectivity index (χ0v) is 10.9. The van der Waals surface area contributed by atoms with Gasteiger partial charge >= 0.3 is 12.0 Å². The second-order valence-corrected chi connectivity index (χ2v) is 4.43. The molecule has 0 bridgehead atoms. The Morgan fingerprint density at radius 1 is 1.28 bits per heavy atom. The molecule has 0 aromatic heterocycles. The summed E-state index contributed by atoms with van der Waals surface area (Å²) in [5, 5.41) is 13.7. The fraction of sp³-hybridized carbons (Fsp3) is 0.727. The fourth-order valence-electron chi connectivity index (χ4n) is 1.30. The van der Waals surface area contributed by atoms with Gasteiger partial charge in [0.25, 0.3) is 0 Å². The average molecular weight is 259 g/mol. The van der Waals surface area contributed by atoms with Crippen LogP contribution < -0.4 is 16.4 Å². The van der Waals surface area contributed by atoms with Crippen LogP contribution in [0.2, 0.25) is 0 Å². The maximum Gasteiger partial charge on any atom is 0.326 e. The molecule has 0 rings (SSSR count). The van der Waals surface area contributed by atoms with E-state index < -0.39 is 35.9 Å². The van der Waals surface area contributed by atoms with E-state index in [0.717, 1.165) is 0 Å². The summed E-state index contributed by atoms with van der Waals surface area (Å²) in [6, 6.07) is -1.92. The average Bonchev–Trinajstić information content (AvgIpc) is 2.27. The van der Waals surface area contributed by atoms with Crippen molar-refractivity contribution in [1.29, 1.82) is 0 Å². The molecule has 5 N–H and O–H groups in total. The van der Waals surface area contributed by atoms with Crippen LogP contribution in [0.4, 0.5) is 4.79 Å². The summed E-state index contributed by atoms with van der Waals surface area (Å²) in [5.74, 6) is -2.07. The third kappa shape index (κ3) is 5.51. The topological polar surface area (TPSA) is 122 Å². The van der Waals surface area contributed by atoms with E-state index >= 15 is 0 Å². The molecule has 7 heteroatoms. The molecule has 104 valence electrons. The fourth-order valence-corrected chi connectivity index (χ4v) is 1.30. The Bertz CT molecular complexity index is 326. The molecule has 0 aliphatic rings. The monoisotopic (exact) mass is 259 g/mol. The lowest BCUT2D eigenvalue weighted by atomic mass is 9.96. The smallest absolute Gasteiger partial charge is 0.326 e. The van der Waals surface area contributed by atoms with Crippen LogP contribution in [0, 0.1) is 0 Å². The maximum atomic E-state index is 11.6. The van der Waals surface area contributed by atoms with Crippen LogP contribution in [0.5, 0.6) is 0 Å². The van der Waals surface area contributed by atoms with Crippen molar-refractivity contribution < 1.29 is 19.5 Å². The zero-order chi connectivity index (χ0) is 14.3. The second kappa shape index (κ2) is 6.83. The molecule has 7 nitrogen and oxygen atoms in total. The Balaban J connectivity index is 4.52. The molecule has 0 unspecified atom stereocenters. The van der Waals surface area contributed by atoms with E-state index in [0.29, 0.717) is 12.8 Å². The molecular formula is C11H21N3O4. The van der Waals surface area contributed by atoms with E-state index in [1.165, 1.54) is 0 Å². The number of hydrogen-bond acceptors (Lipinski definition) is 3. The largest absolute Gasteiger partial charge is 0.480 e. The first kappa shape index (κ1) is 16.2. The summed E-state index contributed by atoms with van der Waals surface area (Å²) in [6.07, 6.45) is 0.993. The lowest BCUT2D eigenvalue weighted by molar-refractivity contribution is -0.140. The van der Waals surface area contributed by atoms with Crippen molar-refractivity contribution in [3.63, 3.8) is 0 Å². The molecule has 3 amide bonds. The highest BCUT2D eigenvalue weighted by Gasteiger charge is 2.26. The van der Waals surface area contributed by atoms with Crippen LogP contribution in [0.25, 0.3) is 0 Å². The summed E-state index contributed by atoms with van der Waals surface area (Å²) in [7, 11) is 0. The van der Waals surface area contributed by atoms with E-state index in [2.05, 4.69) is 10.6 Å². The third-order valence-electron chi connectivity index (χ3n) is 2.98. The van der Waals surface area contributed by atoms with Gasteiger partial charge in [-0.05, 0) is 19.8 Å². The Morgan fingerprint density at radius 3 is 2.11 bits per heavy atom. The SMILES string of the molecule is CCC(C)(CC)NC(=O)N[C@H](CC(N)=O)C(=O)O. The van der Waals surface area contributed by atoms with Gasteiger partial charge < -0.3 is 21.5 Å². The van der Waals surface area contributed by atoms with Gasteiger partial charge in [0.2, 0.25) is 5.91 Å². The van der Waals surface area contributed by atoms with Crippen LogP contribution in [-0.2, 0) is 9.59 Å². The Morgan fingerprint density at radius 2 is 1.78 bits per heavy atom. The van der Waals surface area contributed by atoms with E-state index in [1.807, 2.05) is 20.8 Å². The Labute approximate surface area is 106 Å². The molecule has 0 fully saturated rings. The van der Waals surface area contributed by atoms with Crippen LogP contribution >= 0.6 is 0 Å². The van der Waals surface area contributed by atoms with Crippen molar-refractivity contribution in [1.82, 2.24) is 10.6 Å².